The average molecular weight is 549 g/mol. The van der Waals surface area contributed by atoms with E-state index in [1.54, 1.807) is 6.92 Å². The molecule has 0 bridgehead atoms. The van der Waals surface area contributed by atoms with Gasteiger partial charge in [-0.2, -0.15) is 0 Å². The zero-order valence-electron chi connectivity index (χ0n) is 19.7. The number of cyclic esters (lactones) is 1. The number of hydrogen-bond acceptors (Lipinski definition) is 9. The number of fused-ring (bicyclic) bond motifs is 3. The number of rotatable bonds is 6. The topological polar surface area (TPSA) is 98.8 Å². The summed E-state index contributed by atoms with van der Waals surface area (Å²) in [7, 11) is 4.60. The van der Waals surface area contributed by atoms with Gasteiger partial charge in [0.1, 0.15) is 6.10 Å². The van der Waals surface area contributed by atoms with E-state index >= 15 is 0 Å². The molecule has 1 saturated heterocycles. The maximum Gasteiger partial charge on any atom is 0.310 e. The van der Waals surface area contributed by atoms with Crippen molar-refractivity contribution in [2.75, 3.05) is 34.7 Å². The third-order valence-corrected chi connectivity index (χ3v) is 7.62. The minimum atomic E-state index is -0.666. The van der Waals surface area contributed by atoms with Gasteiger partial charge in [-0.3, -0.25) is 9.59 Å². The number of methoxy groups -OCH3 is 3. The number of carbonyl (C=O) groups excluding carboxylic acids is 2. The lowest BCUT2D eigenvalue weighted by Gasteiger charge is -2.39. The molecule has 2 aliphatic heterocycles. The van der Waals surface area contributed by atoms with Crippen molar-refractivity contribution in [3.63, 3.8) is 0 Å². The first-order valence-corrected chi connectivity index (χ1v) is 12.0. The monoisotopic (exact) mass is 548 g/mol. The molecule has 2 aromatic rings. The van der Waals surface area contributed by atoms with Crippen molar-refractivity contribution in [2.24, 2.45) is 11.8 Å². The van der Waals surface area contributed by atoms with E-state index in [2.05, 4.69) is 15.9 Å². The van der Waals surface area contributed by atoms with Crippen molar-refractivity contribution in [1.29, 1.82) is 0 Å². The Labute approximate surface area is 210 Å². The maximum atomic E-state index is 13.2. The molecule has 0 N–H and O–H groups in total. The van der Waals surface area contributed by atoms with Gasteiger partial charge in [-0.05, 0) is 45.3 Å². The van der Waals surface area contributed by atoms with Crippen molar-refractivity contribution in [1.82, 2.24) is 0 Å². The van der Waals surface area contributed by atoms with Gasteiger partial charge in [-0.1, -0.05) is 6.92 Å². The number of hydrogen-bond donors (Lipinski definition) is 0. The van der Waals surface area contributed by atoms with Crippen molar-refractivity contribution < 1.29 is 42.7 Å². The Morgan fingerprint density at radius 3 is 2.29 bits per heavy atom. The van der Waals surface area contributed by atoms with E-state index in [9.17, 15) is 9.59 Å². The van der Waals surface area contributed by atoms with Crippen LogP contribution in [0.4, 0.5) is 0 Å². The molecule has 4 atom stereocenters. The van der Waals surface area contributed by atoms with Crippen LogP contribution in [-0.4, -0.2) is 46.7 Å². The number of carbonyl (C=O) groups is 2. The SMILES string of the molecule is CCC(=O)O[C@H]1c2cc3c(cc2[C@@H](c2cc(OC)c(OC)c(OC)c2Br)C2C(=O)OCC21)OCO3. The van der Waals surface area contributed by atoms with Gasteiger partial charge in [0.05, 0.1) is 38.3 Å². The highest BCUT2D eigenvalue weighted by Crippen LogP contribution is 2.58. The standard InChI is InChI=1S/C25H25BrO9/c1-5-18(27)35-22-12-7-16-15(33-10-34-16)6-11(12)19(20-14(22)9-32-25(20)28)13-8-17(29-2)23(30-3)24(31-4)21(13)26/h6-8,14,19-20,22H,5,9-10H2,1-4H3/t14?,19-,20?,22-/m0/s1. The lowest BCUT2D eigenvalue weighted by molar-refractivity contribution is -0.154. The summed E-state index contributed by atoms with van der Waals surface area (Å²) in [6, 6.07) is 5.52. The fraction of sp³-hybridized carbons (Fsp3) is 0.440. The van der Waals surface area contributed by atoms with Crippen LogP contribution in [0.15, 0.2) is 22.7 Å². The molecule has 2 unspecified atom stereocenters. The molecular formula is C25H25BrO9. The summed E-state index contributed by atoms with van der Waals surface area (Å²) in [6.07, 6.45) is -0.454. The van der Waals surface area contributed by atoms with E-state index in [4.69, 9.17) is 33.2 Å². The van der Waals surface area contributed by atoms with Crippen molar-refractivity contribution in [3.8, 4) is 28.7 Å². The number of ether oxygens (including phenoxy) is 7. The van der Waals surface area contributed by atoms with E-state index in [1.807, 2.05) is 18.2 Å². The van der Waals surface area contributed by atoms with Crippen LogP contribution < -0.4 is 23.7 Å². The van der Waals surface area contributed by atoms with E-state index in [-0.39, 0.29) is 37.7 Å². The lowest BCUT2D eigenvalue weighted by Crippen LogP contribution is -2.36. The zero-order valence-corrected chi connectivity index (χ0v) is 21.3. The molecule has 0 saturated carbocycles. The molecule has 35 heavy (non-hydrogen) atoms. The van der Waals surface area contributed by atoms with Crippen LogP contribution in [0.5, 0.6) is 28.7 Å². The molecule has 0 aromatic heterocycles. The second kappa shape index (κ2) is 9.14. The third kappa shape index (κ3) is 3.65. The van der Waals surface area contributed by atoms with Crippen molar-refractivity contribution in [3.05, 3.63) is 39.4 Å². The predicted octanol–water partition coefficient (Wildman–Crippen LogP) is 4.13. The van der Waals surface area contributed by atoms with Gasteiger partial charge in [-0.25, -0.2) is 0 Å². The Morgan fingerprint density at radius 2 is 1.66 bits per heavy atom. The normalized spacial score (nSPS) is 23.7. The van der Waals surface area contributed by atoms with Crippen LogP contribution >= 0.6 is 15.9 Å². The second-order valence-electron chi connectivity index (χ2n) is 8.44. The van der Waals surface area contributed by atoms with Crippen LogP contribution in [0.3, 0.4) is 0 Å². The van der Waals surface area contributed by atoms with Crippen molar-refractivity contribution in [2.45, 2.75) is 25.4 Å². The Bertz CT molecular complexity index is 1190. The van der Waals surface area contributed by atoms with Crippen LogP contribution in [-0.2, 0) is 19.1 Å². The minimum Gasteiger partial charge on any atom is -0.493 e. The first kappa shape index (κ1) is 23.6. The molecule has 9 nitrogen and oxygen atoms in total. The first-order valence-electron chi connectivity index (χ1n) is 11.2. The molecular weight excluding hydrogens is 524 g/mol. The Morgan fingerprint density at radius 1 is 0.971 bits per heavy atom. The third-order valence-electron chi connectivity index (χ3n) is 6.80. The van der Waals surface area contributed by atoms with Crippen LogP contribution in [0.25, 0.3) is 0 Å². The van der Waals surface area contributed by atoms with Gasteiger partial charge in [-0.15, -0.1) is 0 Å². The summed E-state index contributed by atoms with van der Waals surface area (Å²) in [5, 5.41) is 0. The summed E-state index contributed by atoms with van der Waals surface area (Å²) in [5.41, 5.74) is 2.27. The summed E-state index contributed by atoms with van der Waals surface area (Å²) in [5.74, 6) is 0.241. The van der Waals surface area contributed by atoms with Crippen molar-refractivity contribution >= 4 is 27.9 Å². The van der Waals surface area contributed by atoms with Gasteiger partial charge < -0.3 is 33.2 Å². The Hall–Kier alpha value is -3.14. The molecule has 186 valence electrons. The van der Waals surface area contributed by atoms with Gasteiger partial charge >= 0.3 is 11.9 Å². The largest absolute Gasteiger partial charge is 0.493 e. The quantitative estimate of drug-likeness (QED) is 0.493. The number of benzene rings is 2. The fourth-order valence-electron chi connectivity index (χ4n) is 5.23. The molecule has 10 heteroatoms. The molecule has 2 aromatic carbocycles. The van der Waals surface area contributed by atoms with Crippen LogP contribution in [0, 0.1) is 11.8 Å². The summed E-state index contributed by atoms with van der Waals surface area (Å²) in [6.45, 7) is 1.96. The molecule has 1 aliphatic carbocycles. The summed E-state index contributed by atoms with van der Waals surface area (Å²) in [4.78, 5) is 25.5. The highest BCUT2D eigenvalue weighted by molar-refractivity contribution is 9.10. The summed E-state index contributed by atoms with van der Waals surface area (Å²) >= 11 is 3.68. The zero-order chi connectivity index (χ0) is 24.9. The van der Waals surface area contributed by atoms with Gasteiger partial charge in [0.2, 0.25) is 12.5 Å². The Balaban J connectivity index is 1.77. The molecule has 0 spiro atoms. The molecule has 2 heterocycles. The predicted molar refractivity (Wildman–Crippen MR) is 125 cm³/mol. The van der Waals surface area contributed by atoms with E-state index in [1.165, 1.54) is 21.3 Å². The highest BCUT2D eigenvalue weighted by atomic mass is 79.9. The number of halogens is 1. The first-order chi connectivity index (χ1) is 16.9. The second-order valence-corrected chi connectivity index (χ2v) is 9.24. The van der Waals surface area contributed by atoms with Crippen LogP contribution in [0.1, 0.15) is 42.1 Å². The van der Waals surface area contributed by atoms with Gasteiger partial charge in [0.25, 0.3) is 0 Å². The van der Waals surface area contributed by atoms with E-state index in [0.29, 0.717) is 33.2 Å². The summed E-state index contributed by atoms with van der Waals surface area (Å²) < 4.78 is 40.1. The van der Waals surface area contributed by atoms with E-state index < -0.39 is 17.9 Å². The lowest BCUT2D eigenvalue weighted by atomic mass is 9.66. The minimum absolute atomic E-state index is 0.0884. The number of esters is 2. The fourth-order valence-corrected chi connectivity index (χ4v) is 5.93. The van der Waals surface area contributed by atoms with E-state index in [0.717, 1.165) is 16.7 Å². The smallest absolute Gasteiger partial charge is 0.310 e. The van der Waals surface area contributed by atoms with Gasteiger partial charge in [0.15, 0.2) is 23.0 Å². The molecule has 0 amide bonds. The highest BCUT2D eigenvalue weighted by Gasteiger charge is 2.54. The molecule has 0 radical (unpaired) electrons. The van der Waals surface area contributed by atoms with Gasteiger partial charge in [0, 0.05) is 23.8 Å². The Kier molecular flexibility index (Phi) is 6.16. The average Bonchev–Trinajstić information content (AvgIpc) is 3.49. The molecule has 5 rings (SSSR count). The molecule has 3 aliphatic rings. The maximum absolute atomic E-state index is 13.2. The molecule has 1 fully saturated rings. The van der Waals surface area contributed by atoms with Crippen LogP contribution in [0.2, 0.25) is 0 Å².